The van der Waals surface area contributed by atoms with Gasteiger partial charge in [-0.3, -0.25) is 4.90 Å². The van der Waals surface area contributed by atoms with Crippen molar-refractivity contribution in [3.8, 4) is 11.3 Å². The van der Waals surface area contributed by atoms with E-state index in [1.54, 1.807) is 12.1 Å². The molecule has 180 valence electrons. The molecular weight excluding hydrogens is 517 g/mol. The maximum Gasteiger partial charge on any atom is 0.419 e. The molecule has 1 amide bonds. The van der Waals surface area contributed by atoms with E-state index in [1.165, 1.54) is 11.1 Å². The van der Waals surface area contributed by atoms with Crippen LogP contribution in [0.1, 0.15) is 24.8 Å². The van der Waals surface area contributed by atoms with Crippen LogP contribution in [-0.4, -0.2) is 53.3 Å². The zero-order chi connectivity index (χ0) is 23.9. The second kappa shape index (κ2) is 9.06. The van der Waals surface area contributed by atoms with Gasteiger partial charge in [0.2, 0.25) is 5.95 Å². The molecule has 34 heavy (non-hydrogen) atoms. The van der Waals surface area contributed by atoms with E-state index in [0.29, 0.717) is 52.7 Å². The monoisotopic (exact) mass is 538 g/mol. The summed E-state index contributed by atoms with van der Waals surface area (Å²) in [5.74, 6) is 0.151. The Morgan fingerprint density at radius 2 is 2.12 bits per heavy atom. The zero-order valence-electron chi connectivity index (χ0n) is 18.0. The molecule has 0 saturated carbocycles. The second-order valence-corrected chi connectivity index (χ2v) is 9.08. The topological polar surface area (TPSA) is 95.2 Å². The Balaban J connectivity index is 1.57. The van der Waals surface area contributed by atoms with Crippen molar-refractivity contribution >= 4 is 44.6 Å². The van der Waals surface area contributed by atoms with Gasteiger partial charge in [-0.2, -0.15) is 13.2 Å². The van der Waals surface area contributed by atoms with Crippen LogP contribution in [0.25, 0.3) is 22.2 Å². The number of fused-ring (bicyclic) bond motifs is 1. The first-order valence-corrected chi connectivity index (χ1v) is 11.8. The van der Waals surface area contributed by atoms with Crippen LogP contribution in [0.2, 0.25) is 0 Å². The smallest absolute Gasteiger partial charge is 0.419 e. The number of ether oxygens (including phenoxy) is 1. The third-order valence-electron chi connectivity index (χ3n) is 6.01. The third-order valence-corrected chi connectivity index (χ3v) is 6.82. The number of rotatable bonds is 4. The normalized spacial score (nSPS) is 19.4. The molecule has 0 spiro atoms. The maximum absolute atomic E-state index is 13.9. The van der Waals surface area contributed by atoms with Gasteiger partial charge in [0.05, 0.1) is 28.0 Å². The quantitative estimate of drug-likeness (QED) is 0.436. The standard InChI is InChI=1S/C22H22BrF3N6O2/c23-17-16(32-7-2-8-34-21(32)33)5-4-13-14(10-28-19(13)17)18-15(22(24,25)26)11-29-20(31-18)30-12-3-1-6-27-9-12/h4-5,10-12,27-28H,1-3,6-9H2,(H,29,30,31)/t12-/m0/s1. The molecule has 0 unspecified atom stereocenters. The number of nitrogens with zero attached hydrogens (tertiary/aromatic N) is 3. The van der Waals surface area contributed by atoms with Crippen molar-refractivity contribution in [1.82, 2.24) is 20.3 Å². The van der Waals surface area contributed by atoms with Gasteiger partial charge in [-0.25, -0.2) is 14.8 Å². The Hall–Kier alpha value is -2.86. The van der Waals surface area contributed by atoms with Gasteiger partial charge in [0.1, 0.15) is 5.56 Å². The van der Waals surface area contributed by atoms with Crippen molar-refractivity contribution in [2.24, 2.45) is 0 Å². The lowest BCUT2D eigenvalue weighted by Gasteiger charge is -2.27. The number of carbonyl (C=O) groups excluding carboxylic acids is 1. The molecule has 2 saturated heterocycles. The maximum atomic E-state index is 13.9. The first kappa shape index (κ1) is 22.9. The molecule has 4 heterocycles. The number of halogens is 4. The number of benzene rings is 1. The van der Waals surface area contributed by atoms with Crippen LogP contribution in [0, 0.1) is 0 Å². The number of hydrogen-bond acceptors (Lipinski definition) is 6. The van der Waals surface area contributed by atoms with Crippen molar-refractivity contribution < 1.29 is 22.7 Å². The number of aromatic nitrogens is 3. The van der Waals surface area contributed by atoms with Crippen molar-refractivity contribution in [2.75, 3.05) is 36.5 Å². The average Bonchev–Trinajstić information content (AvgIpc) is 3.25. The molecule has 3 aromatic rings. The molecule has 1 aromatic carbocycles. The molecule has 5 rings (SSSR count). The van der Waals surface area contributed by atoms with E-state index in [-0.39, 0.29) is 17.7 Å². The van der Waals surface area contributed by atoms with Gasteiger partial charge in [-0.1, -0.05) is 0 Å². The Morgan fingerprint density at radius 1 is 1.26 bits per heavy atom. The molecule has 12 heteroatoms. The van der Waals surface area contributed by atoms with E-state index in [4.69, 9.17) is 4.74 Å². The number of carbonyl (C=O) groups is 1. The lowest BCUT2D eigenvalue weighted by atomic mass is 10.0. The van der Waals surface area contributed by atoms with E-state index in [1.807, 2.05) is 0 Å². The first-order valence-electron chi connectivity index (χ1n) is 11.0. The SMILES string of the molecule is O=C1OCCCN1c1ccc2c(-c3nc(N[C@H]4CCCNC4)ncc3C(F)(F)F)c[nH]c2c1Br. The fraction of sp³-hybridized carbons (Fsp3) is 0.409. The summed E-state index contributed by atoms with van der Waals surface area (Å²) in [6.45, 7) is 2.47. The summed E-state index contributed by atoms with van der Waals surface area (Å²) in [7, 11) is 0. The van der Waals surface area contributed by atoms with Gasteiger partial charge >= 0.3 is 12.3 Å². The van der Waals surface area contributed by atoms with Crippen molar-refractivity contribution in [3.05, 3.63) is 34.6 Å². The van der Waals surface area contributed by atoms with Crippen molar-refractivity contribution in [3.63, 3.8) is 0 Å². The number of nitrogens with one attached hydrogen (secondary N) is 3. The predicted octanol–water partition coefficient (Wildman–Crippen LogP) is 4.92. The van der Waals surface area contributed by atoms with Gasteiger partial charge in [-0.05, 0) is 53.9 Å². The lowest BCUT2D eigenvalue weighted by molar-refractivity contribution is -0.137. The molecule has 0 bridgehead atoms. The molecule has 2 aliphatic rings. The summed E-state index contributed by atoms with van der Waals surface area (Å²) in [6.07, 6.45) is -0.221. The average molecular weight is 539 g/mol. The third kappa shape index (κ3) is 4.31. The number of alkyl halides is 3. The van der Waals surface area contributed by atoms with Gasteiger partial charge in [0.15, 0.2) is 0 Å². The number of hydrogen-bond donors (Lipinski definition) is 3. The van der Waals surface area contributed by atoms with Crippen LogP contribution in [0.5, 0.6) is 0 Å². The van der Waals surface area contributed by atoms with Crippen LogP contribution in [0.4, 0.5) is 29.6 Å². The van der Waals surface area contributed by atoms with Gasteiger partial charge in [0, 0.05) is 42.5 Å². The van der Waals surface area contributed by atoms with E-state index in [0.717, 1.165) is 25.6 Å². The van der Waals surface area contributed by atoms with Gasteiger partial charge in [-0.15, -0.1) is 0 Å². The minimum Gasteiger partial charge on any atom is -0.449 e. The van der Waals surface area contributed by atoms with Crippen LogP contribution in [0.15, 0.2) is 29.0 Å². The van der Waals surface area contributed by atoms with E-state index >= 15 is 0 Å². The lowest BCUT2D eigenvalue weighted by Crippen LogP contribution is -2.38. The van der Waals surface area contributed by atoms with Crippen LogP contribution in [0.3, 0.4) is 0 Å². The molecule has 2 aliphatic heterocycles. The molecule has 0 aliphatic carbocycles. The summed E-state index contributed by atoms with van der Waals surface area (Å²) in [6, 6.07) is 3.42. The predicted molar refractivity (Wildman–Crippen MR) is 125 cm³/mol. The summed E-state index contributed by atoms with van der Waals surface area (Å²) >= 11 is 3.51. The number of piperidine rings is 1. The number of cyclic esters (lactones) is 1. The number of H-pyrrole nitrogens is 1. The number of amides is 1. The van der Waals surface area contributed by atoms with Gasteiger partial charge < -0.3 is 20.4 Å². The van der Waals surface area contributed by atoms with E-state index in [9.17, 15) is 18.0 Å². The summed E-state index contributed by atoms with van der Waals surface area (Å²) in [5, 5.41) is 6.94. The Morgan fingerprint density at radius 3 is 2.85 bits per heavy atom. The molecule has 8 nitrogen and oxygen atoms in total. The van der Waals surface area contributed by atoms with Crippen molar-refractivity contribution in [1.29, 1.82) is 0 Å². The minimum absolute atomic E-state index is 0.0438. The van der Waals surface area contributed by atoms with Crippen LogP contribution >= 0.6 is 15.9 Å². The molecular formula is C22H22BrF3N6O2. The summed E-state index contributed by atoms with van der Waals surface area (Å²) in [4.78, 5) is 25.0. The summed E-state index contributed by atoms with van der Waals surface area (Å²) in [5.41, 5.74) is 0.306. The molecule has 2 fully saturated rings. The summed E-state index contributed by atoms with van der Waals surface area (Å²) < 4.78 is 47.3. The van der Waals surface area contributed by atoms with Crippen molar-refractivity contribution in [2.45, 2.75) is 31.5 Å². The van der Waals surface area contributed by atoms with Crippen LogP contribution < -0.4 is 15.5 Å². The highest BCUT2D eigenvalue weighted by Gasteiger charge is 2.36. The molecule has 3 N–H and O–H groups in total. The fourth-order valence-corrected chi connectivity index (χ4v) is 5.02. The zero-order valence-corrected chi connectivity index (χ0v) is 19.6. The Labute approximate surface area is 201 Å². The van der Waals surface area contributed by atoms with Crippen LogP contribution in [-0.2, 0) is 10.9 Å². The largest absolute Gasteiger partial charge is 0.449 e. The minimum atomic E-state index is -4.63. The second-order valence-electron chi connectivity index (χ2n) is 8.28. The number of aromatic amines is 1. The van der Waals surface area contributed by atoms with Gasteiger partial charge in [0.25, 0.3) is 0 Å². The highest BCUT2D eigenvalue weighted by atomic mass is 79.9. The highest BCUT2D eigenvalue weighted by molar-refractivity contribution is 9.10. The molecule has 2 aromatic heterocycles. The molecule has 1 atom stereocenters. The first-order chi connectivity index (χ1) is 16.3. The Kier molecular flexibility index (Phi) is 6.11. The van der Waals surface area contributed by atoms with E-state index in [2.05, 4.69) is 41.5 Å². The Bertz CT molecular complexity index is 1230. The fourth-order valence-electron chi connectivity index (χ4n) is 4.35. The highest BCUT2D eigenvalue weighted by Crippen LogP contribution is 2.42. The van der Waals surface area contributed by atoms with E-state index < -0.39 is 17.8 Å². The number of anilines is 2. The molecule has 0 radical (unpaired) electrons.